The highest BCUT2D eigenvalue weighted by atomic mass is 15.2. The molecule has 0 radical (unpaired) electrons. The first-order valence-corrected chi connectivity index (χ1v) is 7.07. The smallest absolute Gasteiger partial charge is 0.0240 e. The lowest BCUT2D eigenvalue weighted by Gasteiger charge is -2.49. The van der Waals surface area contributed by atoms with Crippen LogP contribution in [0.4, 0.5) is 0 Å². The summed E-state index contributed by atoms with van der Waals surface area (Å²) < 4.78 is 0. The van der Waals surface area contributed by atoms with Gasteiger partial charge in [0.1, 0.15) is 0 Å². The van der Waals surface area contributed by atoms with Crippen LogP contribution in [-0.4, -0.2) is 23.0 Å². The number of piperidine rings is 1. The van der Waals surface area contributed by atoms with Crippen LogP contribution in [0.3, 0.4) is 0 Å². The van der Waals surface area contributed by atoms with E-state index in [1.807, 2.05) is 0 Å². The predicted molar refractivity (Wildman–Crippen MR) is 77.2 cm³/mol. The number of rotatable bonds is 2. The van der Waals surface area contributed by atoms with Crippen molar-refractivity contribution in [3.8, 4) is 0 Å². The summed E-state index contributed by atoms with van der Waals surface area (Å²) in [7, 11) is 0. The largest absolute Gasteiger partial charge is 0.326 e. The van der Waals surface area contributed by atoms with Gasteiger partial charge in [0.2, 0.25) is 0 Å². The lowest BCUT2D eigenvalue weighted by molar-refractivity contribution is 0.00745. The van der Waals surface area contributed by atoms with Gasteiger partial charge in [-0.2, -0.15) is 0 Å². The van der Waals surface area contributed by atoms with Gasteiger partial charge in [0, 0.05) is 24.7 Å². The molecule has 0 spiro atoms. The Labute approximate surface area is 111 Å². The first-order chi connectivity index (χ1) is 8.52. The Morgan fingerprint density at radius 2 is 1.56 bits per heavy atom. The number of hydrogen-bond donors (Lipinski definition) is 1. The third-order valence-corrected chi connectivity index (χ3v) is 5.01. The van der Waals surface area contributed by atoms with Crippen LogP contribution in [0.1, 0.15) is 33.3 Å². The minimum atomic E-state index is 0.278. The van der Waals surface area contributed by atoms with E-state index < -0.39 is 0 Å². The van der Waals surface area contributed by atoms with Crippen molar-refractivity contribution in [2.75, 3.05) is 0 Å². The highest BCUT2D eigenvalue weighted by Crippen LogP contribution is 2.32. The molecular weight excluding hydrogens is 220 g/mol. The number of likely N-dealkylation sites (tertiary alicyclic amines) is 1. The second kappa shape index (κ2) is 5.41. The van der Waals surface area contributed by atoms with Gasteiger partial charge in [-0.25, -0.2) is 0 Å². The molecule has 1 aliphatic heterocycles. The molecule has 100 valence electrons. The van der Waals surface area contributed by atoms with E-state index in [4.69, 9.17) is 5.73 Å². The Kier molecular flexibility index (Phi) is 4.08. The minimum Gasteiger partial charge on any atom is -0.326 e. The van der Waals surface area contributed by atoms with Gasteiger partial charge in [-0.3, -0.25) is 4.90 Å². The highest BCUT2D eigenvalue weighted by molar-refractivity contribution is 5.15. The Balaban J connectivity index is 2.16. The van der Waals surface area contributed by atoms with Gasteiger partial charge in [-0.1, -0.05) is 44.2 Å². The molecule has 0 bridgehead atoms. The van der Waals surface area contributed by atoms with E-state index in [0.29, 0.717) is 23.9 Å². The first kappa shape index (κ1) is 13.6. The summed E-state index contributed by atoms with van der Waals surface area (Å²) in [6.07, 6.45) is 0. The lowest BCUT2D eigenvalue weighted by Crippen LogP contribution is -2.60. The fourth-order valence-corrected chi connectivity index (χ4v) is 3.21. The Morgan fingerprint density at radius 1 is 0.944 bits per heavy atom. The van der Waals surface area contributed by atoms with E-state index in [9.17, 15) is 0 Å². The summed E-state index contributed by atoms with van der Waals surface area (Å²) in [4.78, 5) is 2.56. The highest BCUT2D eigenvalue weighted by Gasteiger charge is 2.39. The maximum absolute atomic E-state index is 6.38. The van der Waals surface area contributed by atoms with Crippen molar-refractivity contribution in [2.24, 2.45) is 17.6 Å². The third-order valence-electron chi connectivity index (χ3n) is 5.01. The van der Waals surface area contributed by atoms with Crippen molar-refractivity contribution in [3.05, 3.63) is 35.9 Å². The van der Waals surface area contributed by atoms with Crippen molar-refractivity contribution >= 4 is 0 Å². The maximum Gasteiger partial charge on any atom is 0.0240 e. The SMILES string of the molecule is C[C@@H]1[C@H](C)[C@H](N)[C@H](C)N(Cc2ccccc2)[C@@H]1C. The standard InChI is InChI=1S/C16H26N2/c1-11-12(2)16(17)14(4)18(13(11)3)10-15-8-6-5-7-9-15/h5-9,11-14,16H,10,17H2,1-4H3/t11-,12+,13-,14+,16+/m1/s1. The molecule has 1 heterocycles. The average molecular weight is 246 g/mol. The summed E-state index contributed by atoms with van der Waals surface area (Å²) in [5.74, 6) is 1.25. The normalized spacial score (nSPS) is 37.7. The first-order valence-electron chi connectivity index (χ1n) is 7.07. The average Bonchev–Trinajstić information content (AvgIpc) is 2.40. The van der Waals surface area contributed by atoms with E-state index in [1.54, 1.807) is 0 Å². The molecule has 2 heteroatoms. The van der Waals surface area contributed by atoms with Crippen LogP contribution in [0.2, 0.25) is 0 Å². The summed E-state index contributed by atoms with van der Waals surface area (Å²) >= 11 is 0. The molecule has 2 rings (SSSR count). The molecule has 0 saturated carbocycles. The summed E-state index contributed by atoms with van der Waals surface area (Å²) in [5.41, 5.74) is 7.76. The van der Waals surface area contributed by atoms with Gasteiger partial charge in [0.25, 0.3) is 0 Å². The van der Waals surface area contributed by atoms with Gasteiger partial charge < -0.3 is 5.73 Å². The van der Waals surface area contributed by atoms with Crippen LogP contribution in [0, 0.1) is 11.8 Å². The second-order valence-electron chi connectivity index (χ2n) is 5.93. The maximum atomic E-state index is 6.38. The summed E-state index contributed by atoms with van der Waals surface area (Å²) in [6, 6.07) is 12.0. The third kappa shape index (κ3) is 2.45. The van der Waals surface area contributed by atoms with Gasteiger partial charge >= 0.3 is 0 Å². The Hall–Kier alpha value is -0.860. The van der Waals surface area contributed by atoms with Crippen LogP contribution in [-0.2, 0) is 6.54 Å². The Bertz CT molecular complexity index is 360. The van der Waals surface area contributed by atoms with E-state index in [-0.39, 0.29) is 6.04 Å². The molecule has 0 amide bonds. The molecular formula is C16H26N2. The number of nitrogens with zero attached hydrogens (tertiary/aromatic N) is 1. The van der Waals surface area contributed by atoms with Gasteiger partial charge in [-0.15, -0.1) is 0 Å². The number of benzene rings is 1. The summed E-state index contributed by atoms with van der Waals surface area (Å²) in [5, 5.41) is 0. The zero-order valence-corrected chi connectivity index (χ0v) is 12.0. The molecule has 1 saturated heterocycles. The molecule has 0 aliphatic carbocycles. The van der Waals surface area contributed by atoms with E-state index in [2.05, 4.69) is 62.9 Å². The fourth-order valence-electron chi connectivity index (χ4n) is 3.21. The number of hydrogen-bond acceptors (Lipinski definition) is 2. The minimum absolute atomic E-state index is 0.278. The zero-order chi connectivity index (χ0) is 13.3. The van der Waals surface area contributed by atoms with Crippen LogP contribution >= 0.6 is 0 Å². The molecule has 1 aromatic carbocycles. The van der Waals surface area contributed by atoms with Gasteiger partial charge in [-0.05, 0) is 31.2 Å². The van der Waals surface area contributed by atoms with Crippen LogP contribution < -0.4 is 5.73 Å². The summed E-state index contributed by atoms with van der Waals surface area (Å²) in [6.45, 7) is 10.2. The van der Waals surface area contributed by atoms with Crippen LogP contribution in [0.15, 0.2) is 30.3 Å². The molecule has 0 aromatic heterocycles. The molecule has 1 fully saturated rings. The molecule has 18 heavy (non-hydrogen) atoms. The van der Waals surface area contributed by atoms with Crippen LogP contribution in [0.25, 0.3) is 0 Å². The van der Waals surface area contributed by atoms with Gasteiger partial charge in [0.15, 0.2) is 0 Å². The molecule has 2 nitrogen and oxygen atoms in total. The van der Waals surface area contributed by atoms with Crippen molar-refractivity contribution in [1.82, 2.24) is 4.90 Å². The van der Waals surface area contributed by atoms with E-state index in [1.165, 1.54) is 5.56 Å². The predicted octanol–water partition coefficient (Wildman–Crippen LogP) is 2.88. The topological polar surface area (TPSA) is 29.3 Å². The van der Waals surface area contributed by atoms with Gasteiger partial charge in [0.05, 0.1) is 0 Å². The van der Waals surface area contributed by atoms with Crippen molar-refractivity contribution in [2.45, 2.75) is 52.4 Å². The van der Waals surface area contributed by atoms with E-state index in [0.717, 1.165) is 6.54 Å². The fraction of sp³-hybridized carbons (Fsp3) is 0.625. The second-order valence-corrected chi connectivity index (χ2v) is 5.93. The quantitative estimate of drug-likeness (QED) is 0.869. The molecule has 2 N–H and O–H groups in total. The zero-order valence-electron chi connectivity index (χ0n) is 12.0. The van der Waals surface area contributed by atoms with Crippen molar-refractivity contribution in [3.63, 3.8) is 0 Å². The van der Waals surface area contributed by atoms with E-state index >= 15 is 0 Å². The number of nitrogens with two attached hydrogens (primary N) is 1. The molecule has 5 atom stereocenters. The van der Waals surface area contributed by atoms with Crippen molar-refractivity contribution < 1.29 is 0 Å². The van der Waals surface area contributed by atoms with Crippen LogP contribution in [0.5, 0.6) is 0 Å². The lowest BCUT2D eigenvalue weighted by atomic mass is 9.76. The molecule has 1 aliphatic rings. The Morgan fingerprint density at radius 3 is 2.17 bits per heavy atom. The molecule has 1 aromatic rings. The van der Waals surface area contributed by atoms with Crippen molar-refractivity contribution in [1.29, 1.82) is 0 Å². The molecule has 0 unspecified atom stereocenters. The monoisotopic (exact) mass is 246 g/mol.